The molecule has 19 heavy (non-hydrogen) atoms. The van der Waals surface area contributed by atoms with Gasteiger partial charge in [-0.25, -0.2) is 8.98 Å². The van der Waals surface area contributed by atoms with Crippen molar-refractivity contribution in [3.05, 3.63) is 40.2 Å². The second-order valence-electron chi connectivity index (χ2n) is 3.71. The molecule has 102 valence electrons. The number of hydrogen-bond donors (Lipinski definition) is 1. The number of aryl methyl sites for hydroxylation is 1. The van der Waals surface area contributed by atoms with E-state index in [1.165, 1.54) is 12.1 Å². The third kappa shape index (κ3) is 3.53. The lowest BCUT2D eigenvalue weighted by molar-refractivity contribution is 0.112. The fraction of sp³-hybridized carbons (Fsp3) is 0.182. The zero-order chi connectivity index (χ0) is 14.0. The molecule has 2 rings (SSSR count). The number of fused-ring (bicyclic) bond motifs is 1. The first kappa shape index (κ1) is 13.5. The Bertz CT molecular complexity index is 760. The maximum absolute atomic E-state index is 11.2. The van der Waals surface area contributed by atoms with Crippen molar-refractivity contribution < 1.29 is 26.3 Å². The van der Waals surface area contributed by atoms with Gasteiger partial charge in [0.1, 0.15) is 11.3 Å². The highest BCUT2D eigenvalue weighted by Crippen LogP contribution is 2.22. The Morgan fingerprint density at radius 3 is 2.74 bits per heavy atom. The molecule has 0 spiro atoms. The largest absolute Gasteiger partial charge is 0.466 e. The molecule has 7 nitrogen and oxygen atoms in total. The van der Waals surface area contributed by atoms with Crippen LogP contribution < -0.4 is 10.4 Å². The molecule has 0 aliphatic rings. The SMILES string of the molecule is Cc1cc(=O)oc2cc(OCOS(=O)(=O)O)ccc12. The summed E-state index contributed by atoms with van der Waals surface area (Å²) >= 11 is 0. The quantitative estimate of drug-likeness (QED) is 0.512. The summed E-state index contributed by atoms with van der Waals surface area (Å²) in [6, 6.07) is 6.01. The molecule has 0 atom stereocenters. The van der Waals surface area contributed by atoms with Gasteiger partial charge in [-0.1, -0.05) is 0 Å². The van der Waals surface area contributed by atoms with Crippen molar-refractivity contribution in [2.45, 2.75) is 6.92 Å². The van der Waals surface area contributed by atoms with Gasteiger partial charge in [0.05, 0.1) is 0 Å². The van der Waals surface area contributed by atoms with Crippen LogP contribution in [-0.2, 0) is 14.6 Å². The highest BCUT2D eigenvalue weighted by molar-refractivity contribution is 7.80. The lowest BCUT2D eigenvalue weighted by atomic mass is 10.1. The number of ether oxygens (including phenoxy) is 1. The fourth-order valence-corrected chi connectivity index (χ4v) is 1.72. The van der Waals surface area contributed by atoms with Gasteiger partial charge in [0, 0.05) is 17.5 Å². The van der Waals surface area contributed by atoms with E-state index in [1.807, 2.05) is 0 Å². The van der Waals surface area contributed by atoms with Crippen LogP contribution in [0.2, 0.25) is 0 Å². The normalized spacial score (nSPS) is 11.7. The van der Waals surface area contributed by atoms with Crippen molar-refractivity contribution in [1.82, 2.24) is 0 Å². The minimum atomic E-state index is -4.55. The predicted octanol–water partition coefficient (Wildman–Crippen LogP) is 1.26. The van der Waals surface area contributed by atoms with Crippen LogP contribution in [0.3, 0.4) is 0 Å². The first-order chi connectivity index (χ1) is 8.85. The zero-order valence-corrected chi connectivity index (χ0v) is 10.6. The highest BCUT2D eigenvalue weighted by Gasteiger charge is 2.06. The molecule has 0 aliphatic heterocycles. The van der Waals surface area contributed by atoms with Gasteiger partial charge in [0.2, 0.25) is 6.79 Å². The summed E-state index contributed by atoms with van der Waals surface area (Å²) in [5, 5.41) is 0.739. The lowest BCUT2D eigenvalue weighted by Crippen LogP contribution is -2.09. The maximum atomic E-state index is 11.2. The molecule has 1 aromatic heterocycles. The molecule has 1 heterocycles. The van der Waals surface area contributed by atoms with Crippen LogP contribution in [0.4, 0.5) is 0 Å². The first-order valence-corrected chi connectivity index (χ1v) is 6.51. The van der Waals surface area contributed by atoms with Gasteiger partial charge in [0.25, 0.3) is 0 Å². The number of benzene rings is 1. The molecular weight excluding hydrogens is 276 g/mol. The Kier molecular flexibility index (Phi) is 3.56. The van der Waals surface area contributed by atoms with Crippen molar-refractivity contribution in [3.8, 4) is 5.75 Å². The van der Waals surface area contributed by atoms with Gasteiger partial charge in [-0.15, -0.1) is 0 Å². The highest BCUT2D eigenvalue weighted by atomic mass is 32.3. The molecular formula is C11H10O7S. The van der Waals surface area contributed by atoms with Crippen LogP contribution >= 0.6 is 0 Å². The van der Waals surface area contributed by atoms with Crippen LogP contribution in [0.25, 0.3) is 11.0 Å². The van der Waals surface area contributed by atoms with E-state index in [0.717, 1.165) is 10.9 Å². The lowest BCUT2D eigenvalue weighted by Gasteiger charge is -2.06. The Labute approximate surface area is 108 Å². The molecule has 0 saturated carbocycles. The second kappa shape index (κ2) is 5.00. The van der Waals surface area contributed by atoms with E-state index in [4.69, 9.17) is 13.7 Å². The predicted molar refractivity (Wildman–Crippen MR) is 65.3 cm³/mol. The topological polar surface area (TPSA) is 103 Å². The summed E-state index contributed by atoms with van der Waals surface area (Å²) in [4.78, 5) is 11.2. The summed E-state index contributed by atoms with van der Waals surface area (Å²) in [5.74, 6) is 0.241. The van der Waals surface area contributed by atoms with Gasteiger partial charge < -0.3 is 9.15 Å². The summed E-state index contributed by atoms with van der Waals surface area (Å²) in [6.07, 6.45) is 0. The average molecular weight is 286 g/mol. The number of hydrogen-bond acceptors (Lipinski definition) is 6. The molecule has 8 heteroatoms. The Balaban J connectivity index is 2.24. The van der Waals surface area contributed by atoms with Crippen molar-refractivity contribution in [1.29, 1.82) is 0 Å². The summed E-state index contributed by atoms with van der Waals surface area (Å²) < 4.78 is 42.9. The van der Waals surface area contributed by atoms with Crippen molar-refractivity contribution in [2.24, 2.45) is 0 Å². The molecule has 0 bridgehead atoms. The van der Waals surface area contributed by atoms with Crippen molar-refractivity contribution >= 4 is 21.4 Å². The minimum absolute atomic E-state index is 0.241. The summed E-state index contributed by atoms with van der Waals surface area (Å²) in [5.41, 5.74) is 0.581. The van der Waals surface area contributed by atoms with E-state index >= 15 is 0 Å². The van der Waals surface area contributed by atoms with E-state index in [-0.39, 0.29) is 5.75 Å². The fourth-order valence-electron chi connectivity index (χ4n) is 1.55. The van der Waals surface area contributed by atoms with Crippen LogP contribution in [0, 0.1) is 6.92 Å². The number of rotatable bonds is 4. The Morgan fingerprint density at radius 2 is 2.05 bits per heavy atom. The smallest absolute Gasteiger partial charge is 0.400 e. The molecule has 0 fully saturated rings. The summed E-state index contributed by atoms with van der Waals surface area (Å²) in [7, 11) is -4.55. The molecule has 0 amide bonds. The molecule has 0 aliphatic carbocycles. The first-order valence-electron chi connectivity index (χ1n) is 5.14. The van der Waals surface area contributed by atoms with E-state index in [2.05, 4.69) is 4.18 Å². The van der Waals surface area contributed by atoms with Crippen LogP contribution in [0.1, 0.15) is 5.56 Å². The van der Waals surface area contributed by atoms with Gasteiger partial charge in [-0.05, 0) is 24.6 Å². The minimum Gasteiger partial charge on any atom is -0.466 e. The van der Waals surface area contributed by atoms with Gasteiger partial charge in [-0.2, -0.15) is 8.42 Å². The zero-order valence-electron chi connectivity index (χ0n) is 9.82. The monoisotopic (exact) mass is 286 g/mol. The van der Waals surface area contributed by atoms with E-state index in [0.29, 0.717) is 5.58 Å². The van der Waals surface area contributed by atoms with Crippen LogP contribution in [-0.4, -0.2) is 19.8 Å². The second-order valence-corrected chi connectivity index (χ2v) is 4.81. The molecule has 0 radical (unpaired) electrons. The van der Waals surface area contributed by atoms with Crippen LogP contribution in [0.15, 0.2) is 33.5 Å². The van der Waals surface area contributed by atoms with Gasteiger partial charge in [-0.3, -0.25) is 4.55 Å². The van der Waals surface area contributed by atoms with Crippen LogP contribution in [0.5, 0.6) is 5.75 Å². The Morgan fingerprint density at radius 1 is 1.32 bits per heavy atom. The maximum Gasteiger partial charge on any atom is 0.400 e. The molecule has 2 aromatic rings. The van der Waals surface area contributed by atoms with E-state index in [9.17, 15) is 13.2 Å². The molecule has 0 saturated heterocycles. The van der Waals surface area contributed by atoms with E-state index < -0.39 is 22.8 Å². The van der Waals surface area contributed by atoms with Crippen molar-refractivity contribution in [2.75, 3.05) is 6.79 Å². The third-order valence-corrected chi connectivity index (χ3v) is 2.74. The van der Waals surface area contributed by atoms with E-state index in [1.54, 1.807) is 19.1 Å². The molecule has 1 aromatic carbocycles. The third-order valence-electron chi connectivity index (χ3n) is 2.35. The average Bonchev–Trinajstić information content (AvgIpc) is 2.26. The standard InChI is InChI=1S/C11H10O7S/c1-7-4-11(12)18-10-5-8(2-3-9(7)10)16-6-17-19(13,14)15/h2-5H,6H2,1H3,(H,13,14,15). The summed E-state index contributed by atoms with van der Waals surface area (Å²) in [6.45, 7) is 1.08. The van der Waals surface area contributed by atoms with Gasteiger partial charge >= 0.3 is 16.0 Å². The molecule has 1 N–H and O–H groups in total. The van der Waals surface area contributed by atoms with Crippen molar-refractivity contribution in [3.63, 3.8) is 0 Å². The Hall–Kier alpha value is -1.90. The van der Waals surface area contributed by atoms with Gasteiger partial charge in [0.15, 0.2) is 0 Å². The molecule has 0 unspecified atom stereocenters.